The second-order valence-corrected chi connectivity index (χ2v) is 16.0. The molecule has 5 aromatic rings. The van der Waals surface area contributed by atoms with Crippen LogP contribution in [0.25, 0.3) is 10.8 Å². The minimum atomic E-state index is -5.03. The van der Waals surface area contributed by atoms with Crippen molar-refractivity contribution in [1.29, 1.82) is 0 Å². The lowest BCUT2D eigenvalue weighted by Gasteiger charge is -2.12. The van der Waals surface area contributed by atoms with E-state index >= 15 is 0 Å². The molecule has 0 atom stereocenters. The number of aromatic hydroxyl groups is 1. The van der Waals surface area contributed by atoms with Gasteiger partial charge in [0.05, 0.1) is 32.6 Å². The standard InChI is InChI=1S/C32H29N5O9S3/c1-18-4-6-21(7-5-18)17-47(39,40)24-10-8-23(9-11-24)34-35-27-12-20(3)28(13-19(27)2)36-37-31-29(49(44,45)46)15-22-14-25(48(41,42)43)16-26(33)30(22)32(31)38/h4-16,38H,17,33H2,1-3H3,(H,41,42,43)(H,44,45,46). The van der Waals surface area contributed by atoms with Crippen LogP contribution < -0.4 is 5.73 Å². The number of anilines is 1. The quantitative estimate of drug-likeness (QED) is 0.0669. The molecule has 14 nitrogen and oxygen atoms in total. The van der Waals surface area contributed by atoms with Crippen LogP contribution in [0.4, 0.5) is 28.4 Å². The van der Waals surface area contributed by atoms with E-state index in [0.717, 1.165) is 23.8 Å². The first-order valence-electron chi connectivity index (χ1n) is 14.2. The van der Waals surface area contributed by atoms with Crippen LogP contribution in [0.15, 0.2) is 114 Å². The van der Waals surface area contributed by atoms with E-state index in [4.69, 9.17) is 5.73 Å². The Morgan fingerprint density at radius 3 is 1.78 bits per heavy atom. The lowest BCUT2D eigenvalue weighted by molar-refractivity contribution is 0.472. The van der Waals surface area contributed by atoms with Crippen molar-refractivity contribution in [1.82, 2.24) is 0 Å². The van der Waals surface area contributed by atoms with Crippen LogP contribution in [0, 0.1) is 20.8 Å². The molecule has 0 saturated carbocycles. The molecule has 0 aliphatic carbocycles. The highest BCUT2D eigenvalue weighted by molar-refractivity contribution is 7.90. The van der Waals surface area contributed by atoms with Gasteiger partial charge in [0.2, 0.25) is 0 Å². The summed E-state index contributed by atoms with van der Waals surface area (Å²) in [6.45, 7) is 5.30. The van der Waals surface area contributed by atoms with Crippen LogP contribution in [-0.4, -0.2) is 39.5 Å². The van der Waals surface area contributed by atoms with E-state index in [-0.39, 0.29) is 32.8 Å². The molecule has 0 heterocycles. The van der Waals surface area contributed by atoms with E-state index in [2.05, 4.69) is 20.5 Å². The van der Waals surface area contributed by atoms with Crippen molar-refractivity contribution in [2.45, 2.75) is 41.2 Å². The van der Waals surface area contributed by atoms with Gasteiger partial charge in [-0.1, -0.05) is 29.8 Å². The van der Waals surface area contributed by atoms with Gasteiger partial charge >= 0.3 is 0 Å². The summed E-state index contributed by atoms with van der Waals surface area (Å²) in [6.07, 6.45) is 0. The molecule has 5 rings (SSSR count). The summed E-state index contributed by atoms with van der Waals surface area (Å²) in [5, 5.41) is 27.0. The Morgan fingerprint density at radius 1 is 0.653 bits per heavy atom. The number of hydrogen-bond acceptors (Lipinski definition) is 12. The highest BCUT2D eigenvalue weighted by Gasteiger charge is 2.25. The summed E-state index contributed by atoms with van der Waals surface area (Å²) in [6, 6.07) is 19.1. The van der Waals surface area contributed by atoms with Crippen LogP contribution in [0.1, 0.15) is 22.3 Å². The van der Waals surface area contributed by atoms with E-state index in [1.54, 1.807) is 38.1 Å². The van der Waals surface area contributed by atoms with Crippen molar-refractivity contribution in [3.05, 3.63) is 101 Å². The molecule has 49 heavy (non-hydrogen) atoms. The average molecular weight is 724 g/mol. The van der Waals surface area contributed by atoms with Crippen molar-refractivity contribution in [3.63, 3.8) is 0 Å². The Kier molecular flexibility index (Phi) is 9.42. The Morgan fingerprint density at radius 2 is 1.22 bits per heavy atom. The molecule has 5 aromatic carbocycles. The maximum atomic E-state index is 12.9. The number of nitrogens with zero attached hydrogens (tertiary/aromatic N) is 4. The maximum absolute atomic E-state index is 12.9. The van der Waals surface area contributed by atoms with Gasteiger partial charge in [-0.15, -0.1) is 5.11 Å². The molecular weight excluding hydrogens is 695 g/mol. The minimum Gasteiger partial charge on any atom is -0.505 e. The molecule has 0 aromatic heterocycles. The molecule has 0 fully saturated rings. The van der Waals surface area contributed by atoms with Crippen LogP contribution in [0.2, 0.25) is 0 Å². The number of aryl methyl sites for hydroxylation is 3. The molecule has 254 valence electrons. The number of rotatable bonds is 9. The lowest BCUT2D eigenvalue weighted by Crippen LogP contribution is -2.04. The molecule has 0 bridgehead atoms. The molecule has 0 spiro atoms. The van der Waals surface area contributed by atoms with Crippen molar-refractivity contribution in [3.8, 4) is 5.75 Å². The number of phenolic OH excluding ortho intramolecular Hbond substituents is 1. The molecule has 0 aliphatic rings. The zero-order chi connectivity index (χ0) is 35.9. The average Bonchev–Trinajstić information content (AvgIpc) is 3.01. The largest absolute Gasteiger partial charge is 0.505 e. The third-order valence-electron chi connectivity index (χ3n) is 7.45. The van der Waals surface area contributed by atoms with Gasteiger partial charge in [-0.25, -0.2) is 8.42 Å². The highest BCUT2D eigenvalue weighted by atomic mass is 32.2. The summed E-state index contributed by atoms with van der Waals surface area (Å²) < 4.78 is 92.7. The SMILES string of the molecule is Cc1ccc(CS(=O)(=O)c2ccc(N=Nc3cc(C)c(N=Nc4c(S(=O)(=O)O)cc5cc(S(=O)(=O)O)cc(N)c5c4O)cc3C)cc2)cc1. The molecule has 5 N–H and O–H groups in total. The second kappa shape index (κ2) is 13.1. The number of nitrogens with two attached hydrogens (primary N) is 1. The van der Waals surface area contributed by atoms with Crippen LogP contribution in [-0.2, 0) is 35.8 Å². The van der Waals surface area contributed by atoms with E-state index in [9.17, 15) is 39.5 Å². The summed E-state index contributed by atoms with van der Waals surface area (Å²) >= 11 is 0. The number of nitrogen functional groups attached to an aromatic ring is 1. The Balaban J connectivity index is 1.42. The van der Waals surface area contributed by atoms with Gasteiger partial charge in [-0.05, 0) is 97.4 Å². The van der Waals surface area contributed by atoms with Crippen molar-refractivity contribution < 1.29 is 39.5 Å². The van der Waals surface area contributed by atoms with Gasteiger partial charge in [0.25, 0.3) is 20.2 Å². The zero-order valence-electron chi connectivity index (χ0n) is 26.1. The van der Waals surface area contributed by atoms with Crippen molar-refractivity contribution in [2.75, 3.05) is 5.73 Å². The number of azo groups is 2. The zero-order valence-corrected chi connectivity index (χ0v) is 28.5. The lowest BCUT2D eigenvalue weighted by atomic mass is 10.1. The van der Waals surface area contributed by atoms with Crippen LogP contribution in [0.3, 0.4) is 0 Å². The molecular formula is C32H29N5O9S3. The number of sulfone groups is 1. The third kappa shape index (κ3) is 7.82. The first-order chi connectivity index (χ1) is 22.8. The van der Waals surface area contributed by atoms with Gasteiger partial charge in [-0.2, -0.15) is 32.2 Å². The first kappa shape index (κ1) is 35.2. The van der Waals surface area contributed by atoms with E-state index < -0.39 is 51.3 Å². The predicted molar refractivity (Wildman–Crippen MR) is 182 cm³/mol. The normalized spacial score (nSPS) is 12.8. The van der Waals surface area contributed by atoms with Crippen molar-refractivity contribution in [2.24, 2.45) is 20.5 Å². The third-order valence-corrected chi connectivity index (χ3v) is 10.9. The topological polar surface area (TPSA) is 239 Å². The molecule has 0 saturated heterocycles. The summed E-state index contributed by atoms with van der Waals surface area (Å²) in [5.41, 5.74) is 8.85. The summed E-state index contributed by atoms with van der Waals surface area (Å²) in [5.74, 6) is -0.943. The summed E-state index contributed by atoms with van der Waals surface area (Å²) in [7, 11) is -13.3. The fraction of sp³-hybridized carbons (Fsp3) is 0.125. The monoisotopic (exact) mass is 723 g/mol. The maximum Gasteiger partial charge on any atom is 0.296 e. The van der Waals surface area contributed by atoms with E-state index in [1.165, 1.54) is 24.3 Å². The number of fused-ring (bicyclic) bond motifs is 1. The Labute approximate surface area is 282 Å². The van der Waals surface area contributed by atoms with Gasteiger partial charge in [-0.3, -0.25) is 9.11 Å². The molecule has 0 amide bonds. The van der Waals surface area contributed by atoms with Crippen LogP contribution in [0.5, 0.6) is 5.75 Å². The Bertz CT molecular complexity index is 2520. The number of hydrogen-bond donors (Lipinski definition) is 4. The first-order valence-corrected chi connectivity index (χ1v) is 18.7. The molecule has 0 radical (unpaired) electrons. The number of phenols is 1. The van der Waals surface area contributed by atoms with E-state index in [0.29, 0.717) is 28.1 Å². The van der Waals surface area contributed by atoms with Gasteiger partial charge in [0.1, 0.15) is 10.6 Å². The minimum absolute atomic E-state index is 0.139. The van der Waals surface area contributed by atoms with Gasteiger partial charge in [0, 0.05) is 11.1 Å². The smallest absolute Gasteiger partial charge is 0.296 e. The Hall–Kier alpha value is -5.07. The molecule has 0 unspecified atom stereocenters. The summed E-state index contributed by atoms with van der Waals surface area (Å²) in [4.78, 5) is -1.40. The second-order valence-electron chi connectivity index (χ2n) is 11.2. The van der Waals surface area contributed by atoms with Crippen LogP contribution >= 0.6 is 0 Å². The number of benzene rings is 5. The van der Waals surface area contributed by atoms with E-state index in [1.807, 2.05) is 19.1 Å². The highest BCUT2D eigenvalue weighted by Crippen LogP contribution is 2.44. The predicted octanol–water partition coefficient (Wildman–Crippen LogP) is 7.35. The molecule has 17 heteroatoms. The van der Waals surface area contributed by atoms with Gasteiger partial charge in [0.15, 0.2) is 15.6 Å². The fourth-order valence-electron chi connectivity index (χ4n) is 4.86. The van der Waals surface area contributed by atoms with Crippen molar-refractivity contribution >= 4 is 69.3 Å². The fourth-order valence-corrected chi connectivity index (χ4v) is 7.42. The van der Waals surface area contributed by atoms with Gasteiger partial charge < -0.3 is 10.8 Å². The molecule has 0 aliphatic heterocycles.